The molecule has 0 saturated carbocycles. The Morgan fingerprint density at radius 3 is 2.05 bits per heavy atom. The number of nitrogens with zero attached hydrogens (tertiary/aromatic N) is 4. The van der Waals surface area contributed by atoms with E-state index in [-0.39, 0.29) is 39.8 Å². The molecule has 11 aromatic carbocycles. The lowest BCUT2D eigenvalue weighted by Crippen LogP contribution is -2.32. The number of fused-ring (bicyclic) bond motifs is 13. The molecule has 5 heterocycles. The second-order valence-corrected chi connectivity index (χ2v) is 22.5. The van der Waals surface area contributed by atoms with Crippen LogP contribution in [0.5, 0.6) is 11.5 Å². The zero-order valence-electron chi connectivity index (χ0n) is 56.9. The number of furan rings is 1. The molecule has 1 aliphatic rings. The summed E-state index contributed by atoms with van der Waals surface area (Å²) in [5, 5.41) is 3.90. The van der Waals surface area contributed by atoms with E-state index >= 15 is 0 Å². The van der Waals surface area contributed by atoms with E-state index in [0.717, 1.165) is 60.7 Å². The van der Waals surface area contributed by atoms with Gasteiger partial charge in [-0.05, 0) is 175 Å². The number of pyridine rings is 1. The van der Waals surface area contributed by atoms with Crippen LogP contribution in [-0.2, 0) is 5.41 Å². The topological polar surface area (TPSA) is 49.0 Å². The summed E-state index contributed by atoms with van der Waals surface area (Å²) >= 11 is 0. The molecule has 0 N–H and O–H groups in total. The molecule has 1 aliphatic heterocycles. The molecule has 84 heavy (non-hydrogen) atoms. The Balaban J connectivity index is 1.00. The van der Waals surface area contributed by atoms with Gasteiger partial charge in [0.1, 0.15) is 28.5 Å². The summed E-state index contributed by atoms with van der Waals surface area (Å²) in [6.07, 6.45) is 5.71. The van der Waals surface area contributed by atoms with E-state index < -0.39 is 31.8 Å². The zero-order chi connectivity index (χ0) is 65.7. The van der Waals surface area contributed by atoms with Crippen LogP contribution < -0.4 is 9.30 Å². The minimum atomic E-state index is -2.77. The second-order valence-electron chi connectivity index (χ2n) is 22.5. The average Bonchev–Trinajstić information content (AvgIpc) is 1.62. The van der Waals surface area contributed by atoms with Gasteiger partial charge >= 0.3 is 0 Å². The third kappa shape index (κ3) is 7.85. The Kier molecular flexibility index (Phi) is 8.82. The van der Waals surface area contributed by atoms with E-state index in [9.17, 15) is 2.74 Å². The maximum absolute atomic E-state index is 9.46. The molecule has 0 atom stereocenters. The molecule has 0 radical (unpaired) electrons. The molecule has 0 unspecified atom stereocenters. The number of hydrogen-bond acceptors (Lipinski definition) is 3. The predicted molar refractivity (Wildman–Crippen MR) is 344 cm³/mol. The van der Waals surface area contributed by atoms with E-state index in [2.05, 4.69) is 68.1 Å². The fourth-order valence-electron chi connectivity index (χ4n) is 12.6. The van der Waals surface area contributed by atoms with Crippen molar-refractivity contribution in [2.75, 3.05) is 0 Å². The van der Waals surface area contributed by atoms with Gasteiger partial charge in [-0.15, -0.1) is 0 Å². The highest BCUT2D eigenvalue weighted by Crippen LogP contribution is 2.50. The van der Waals surface area contributed by atoms with Gasteiger partial charge in [-0.2, -0.15) is 0 Å². The monoisotopic (exact) mass is 1090 g/mol. The van der Waals surface area contributed by atoms with Gasteiger partial charge in [-0.3, -0.25) is 13.7 Å². The van der Waals surface area contributed by atoms with Crippen molar-refractivity contribution < 1.29 is 28.8 Å². The average molecular weight is 1090 g/mol. The van der Waals surface area contributed by atoms with Gasteiger partial charge in [0.05, 0.1) is 40.3 Å². The molecule has 15 aromatic rings. The van der Waals surface area contributed by atoms with Crippen LogP contribution in [0.2, 0.25) is 0 Å². The maximum Gasteiger partial charge on any atom is 0.269 e. The molecule has 16 rings (SSSR count). The molecular weight excluding hydrogens is 1020 g/mol. The normalized spacial score (nSPS) is 14.3. The van der Waals surface area contributed by atoms with Gasteiger partial charge in [0.2, 0.25) is 0 Å². The van der Waals surface area contributed by atoms with E-state index in [4.69, 9.17) is 26.5 Å². The predicted octanol–water partition coefficient (Wildman–Crippen LogP) is 20.1. The smallest absolute Gasteiger partial charge is 0.269 e. The summed E-state index contributed by atoms with van der Waals surface area (Å²) in [7, 11) is 0. The van der Waals surface area contributed by atoms with E-state index in [1.165, 1.54) is 18.2 Å². The zero-order valence-corrected chi connectivity index (χ0v) is 45.9. The molecular formula is C78H56N4O2. The number of para-hydroxylation sites is 3. The highest BCUT2D eigenvalue weighted by molar-refractivity contribution is 6.11. The number of rotatable bonds is 7. The standard InChI is InChI=1S/C78H56N4O2/c1-48-19-15-20-49(2)74(48)52-42-67-59-25-9-10-28-63(59)75-57(50-21-7-6-8-22-50)29-17-31-64(75)65-32-18-30-58(51-35-38-72-66(41-51)62-27-12-14-34-71(62)84-72)76(65)81-47-80(70(43-52)77(67)81)54-23-16-24-55(45-54)83-56-36-37-61-60-26-11-13-33-68(60)82(69(61)46-56)73-44-53(39-40-79-73)78(3,4)5/h6-46H,1-5H3/i1D3,2D3,6D,7D,8D,21D,22D. The lowest BCUT2D eigenvalue weighted by Gasteiger charge is -2.21. The van der Waals surface area contributed by atoms with Crippen molar-refractivity contribution >= 4 is 54.8 Å². The quantitative estimate of drug-likeness (QED) is 0.118. The van der Waals surface area contributed by atoms with Crippen LogP contribution in [0.4, 0.5) is 0 Å². The fraction of sp³-hybridized carbons (Fsp3) is 0.0769. The van der Waals surface area contributed by atoms with Crippen molar-refractivity contribution in [3.8, 4) is 95.5 Å². The van der Waals surface area contributed by atoms with Crippen LogP contribution in [-0.4, -0.2) is 14.1 Å². The number of aryl methyl sites for hydroxylation is 2. The first-order valence-electron chi connectivity index (χ1n) is 33.4. The molecule has 0 aliphatic carbocycles. The van der Waals surface area contributed by atoms with Crippen LogP contribution in [0.1, 0.15) is 52.5 Å². The van der Waals surface area contributed by atoms with E-state index in [0.29, 0.717) is 84.0 Å². The van der Waals surface area contributed by atoms with Crippen molar-refractivity contribution in [1.29, 1.82) is 0 Å². The SMILES string of the molecule is [2H]c1c([2H])c([2H])c(-c2cccc3c2-c2ccccc2-c2cc(-c4c(C([2H])([2H])[2H])cccc4C([2H])([2H])[2H])cc4c2[n+]([c-]n4-c2cccc(Oc4ccc5c6ccccc6n(-c6cc(C(C)(C)C)ccn6)c5c4)c2)-c2c(-c4ccc5oc6ccccc6c5c4)cccc2-3)c([2H])c1[2H]. The van der Waals surface area contributed by atoms with Crippen molar-refractivity contribution in [3.05, 3.63) is 272 Å². The molecule has 0 bridgehead atoms. The summed E-state index contributed by atoms with van der Waals surface area (Å²) in [5.74, 6) is 1.82. The molecule has 0 spiro atoms. The van der Waals surface area contributed by atoms with Gasteiger partial charge in [-0.25, -0.2) is 4.98 Å². The van der Waals surface area contributed by atoms with Crippen LogP contribution in [0.25, 0.3) is 139 Å². The minimum absolute atomic E-state index is 0.000955. The number of benzene rings is 11. The number of ether oxygens (including phenoxy) is 1. The second kappa shape index (κ2) is 19.0. The summed E-state index contributed by atoms with van der Waals surface area (Å²) < 4.78 is 119. The summed E-state index contributed by atoms with van der Waals surface area (Å²) in [5.41, 5.74) is 12.3. The Morgan fingerprint density at radius 2 is 1.20 bits per heavy atom. The van der Waals surface area contributed by atoms with E-state index in [1.807, 2.05) is 167 Å². The van der Waals surface area contributed by atoms with Crippen molar-refractivity contribution in [2.24, 2.45) is 0 Å². The number of hydrogen-bond donors (Lipinski definition) is 0. The molecule has 0 saturated heterocycles. The molecule has 0 amide bonds. The molecule has 6 nitrogen and oxygen atoms in total. The van der Waals surface area contributed by atoms with Crippen LogP contribution in [0.15, 0.2) is 253 Å². The Labute approximate surface area is 502 Å². The number of imidazole rings is 1. The largest absolute Gasteiger partial charge is 0.458 e. The first-order valence-corrected chi connectivity index (χ1v) is 27.9. The van der Waals surface area contributed by atoms with Gasteiger partial charge in [0, 0.05) is 42.0 Å². The van der Waals surface area contributed by atoms with Crippen molar-refractivity contribution in [1.82, 2.24) is 14.1 Å². The lowest BCUT2D eigenvalue weighted by molar-refractivity contribution is -0.570. The first-order chi connectivity index (χ1) is 45.6. The summed E-state index contributed by atoms with van der Waals surface area (Å²) in [6, 6.07) is 65.2. The van der Waals surface area contributed by atoms with Gasteiger partial charge in [0.25, 0.3) is 6.33 Å². The summed E-state index contributed by atoms with van der Waals surface area (Å²) in [4.78, 5) is 4.91. The first kappa shape index (κ1) is 39.0. The van der Waals surface area contributed by atoms with Crippen LogP contribution in [0.3, 0.4) is 0 Å². The number of aromatic nitrogens is 4. The minimum Gasteiger partial charge on any atom is -0.458 e. The summed E-state index contributed by atoms with van der Waals surface area (Å²) in [6.45, 7) is 1.00. The van der Waals surface area contributed by atoms with Gasteiger partial charge < -0.3 is 9.15 Å². The molecule has 4 aromatic heterocycles. The highest BCUT2D eigenvalue weighted by Gasteiger charge is 2.30. The molecule has 6 heteroatoms. The fourth-order valence-corrected chi connectivity index (χ4v) is 12.6. The highest BCUT2D eigenvalue weighted by atomic mass is 16.5. The van der Waals surface area contributed by atoms with Gasteiger partial charge in [0.15, 0.2) is 0 Å². The van der Waals surface area contributed by atoms with Crippen molar-refractivity contribution in [3.63, 3.8) is 0 Å². The Morgan fingerprint density at radius 1 is 0.500 bits per heavy atom. The van der Waals surface area contributed by atoms with Gasteiger partial charge in [-0.1, -0.05) is 184 Å². The third-order valence-electron chi connectivity index (χ3n) is 16.5. The Hall–Kier alpha value is -10.6. The van der Waals surface area contributed by atoms with Crippen LogP contribution in [0, 0.1) is 20.0 Å². The third-order valence-corrected chi connectivity index (χ3v) is 16.5. The van der Waals surface area contributed by atoms with E-state index in [1.54, 1.807) is 6.07 Å². The molecule has 0 fully saturated rings. The van der Waals surface area contributed by atoms with Crippen LogP contribution >= 0.6 is 0 Å². The maximum atomic E-state index is 9.46. The Bertz CT molecular complexity index is 5690. The molecule has 400 valence electrons. The van der Waals surface area contributed by atoms with Crippen molar-refractivity contribution in [2.45, 2.75) is 39.9 Å². The lowest BCUT2D eigenvalue weighted by atomic mass is 9.83.